The molecular formula is C17H28ClIN4O. The molecule has 136 valence electrons. The van der Waals surface area contributed by atoms with Crippen molar-refractivity contribution < 1.29 is 4.79 Å². The molecule has 0 heterocycles. The van der Waals surface area contributed by atoms with E-state index in [0.717, 1.165) is 31.2 Å². The van der Waals surface area contributed by atoms with Crippen molar-refractivity contribution in [2.45, 2.75) is 27.3 Å². The number of likely N-dealkylation sites (N-methyl/N-ethyl adjacent to an activating group) is 2. The summed E-state index contributed by atoms with van der Waals surface area (Å²) in [5.74, 6) is 0.831. The van der Waals surface area contributed by atoms with E-state index in [2.05, 4.69) is 10.3 Å². The minimum absolute atomic E-state index is 0. The van der Waals surface area contributed by atoms with Crippen molar-refractivity contribution in [2.75, 3.05) is 33.2 Å². The molecule has 0 aliphatic carbocycles. The first-order valence-electron chi connectivity index (χ1n) is 8.03. The van der Waals surface area contributed by atoms with Gasteiger partial charge in [-0.1, -0.05) is 23.7 Å². The molecule has 0 aliphatic rings. The maximum absolute atomic E-state index is 12.2. The zero-order valence-corrected chi connectivity index (χ0v) is 18.0. The summed E-state index contributed by atoms with van der Waals surface area (Å²) in [6.07, 6.45) is 0. The minimum atomic E-state index is 0. The Bertz CT molecular complexity index is 518. The number of halogens is 2. The molecule has 0 radical (unpaired) electrons. The zero-order valence-electron chi connectivity index (χ0n) is 14.9. The van der Waals surface area contributed by atoms with Crippen LogP contribution in [-0.2, 0) is 11.3 Å². The number of aliphatic imine (C=N–C) groups is 1. The molecule has 1 aromatic carbocycles. The van der Waals surface area contributed by atoms with Crippen LogP contribution >= 0.6 is 35.6 Å². The summed E-state index contributed by atoms with van der Waals surface area (Å²) in [7, 11) is 1.88. The number of rotatable bonds is 7. The number of amides is 1. The molecular weight excluding hydrogens is 439 g/mol. The Morgan fingerprint density at radius 3 is 2.25 bits per heavy atom. The molecule has 0 spiro atoms. The van der Waals surface area contributed by atoms with Crippen molar-refractivity contribution in [1.82, 2.24) is 15.1 Å². The highest BCUT2D eigenvalue weighted by Crippen LogP contribution is 2.10. The number of nitrogens with one attached hydrogen (secondary N) is 1. The summed E-state index contributed by atoms with van der Waals surface area (Å²) >= 11 is 5.89. The van der Waals surface area contributed by atoms with Crippen LogP contribution in [0.4, 0.5) is 0 Å². The Balaban J connectivity index is 0.00000529. The summed E-state index contributed by atoms with van der Waals surface area (Å²) in [6.45, 7) is 9.05. The molecule has 0 aliphatic heterocycles. The Kier molecular flexibility index (Phi) is 11.8. The molecule has 1 N–H and O–H groups in total. The number of carbonyl (C=O) groups excluding carboxylic acids is 1. The highest BCUT2D eigenvalue weighted by molar-refractivity contribution is 14.0. The second kappa shape index (κ2) is 12.4. The van der Waals surface area contributed by atoms with Crippen LogP contribution in [0.2, 0.25) is 5.02 Å². The quantitative estimate of drug-likeness (QED) is 0.381. The van der Waals surface area contributed by atoms with Crippen molar-refractivity contribution in [3.63, 3.8) is 0 Å². The third-order valence-corrected chi connectivity index (χ3v) is 3.76. The van der Waals surface area contributed by atoms with Crippen molar-refractivity contribution in [2.24, 2.45) is 4.99 Å². The molecule has 1 amide bonds. The van der Waals surface area contributed by atoms with E-state index in [4.69, 9.17) is 11.6 Å². The van der Waals surface area contributed by atoms with Crippen molar-refractivity contribution >= 4 is 47.4 Å². The van der Waals surface area contributed by atoms with Crippen molar-refractivity contribution in [1.29, 1.82) is 0 Å². The number of hydrogen-bond donors (Lipinski definition) is 1. The van der Waals surface area contributed by atoms with Crippen LogP contribution in [0.25, 0.3) is 0 Å². The smallest absolute Gasteiger partial charge is 0.242 e. The lowest BCUT2D eigenvalue weighted by Gasteiger charge is -2.25. The summed E-state index contributed by atoms with van der Waals surface area (Å²) < 4.78 is 0. The van der Waals surface area contributed by atoms with Gasteiger partial charge in [0.05, 0.1) is 13.1 Å². The van der Waals surface area contributed by atoms with Gasteiger partial charge in [-0.05, 0) is 38.5 Å². The maximum Gasteiger partial charge on any atom is 0.242 e. The lowest BCUT2D eigenvalue weighted by molar-refractivity contribution is -0.131. The fourth-order valence-electron chi connectivity index (χ4n) is 2.18. The Labute approximate surface area is 167 Å². The molecule has 0 aromatic heterocycles. The molecule has 0 fully saturated rings. The second-order valence-corrected chi connectivity index (χ2v) is 5.66. The first kappa shape index (κ1) is 23.0. The van der Waals surface area contributed by atoms with Gasteiger partial charge in [-0.25, -0.2) is 4.99 Å². The van der Waals surface area contributed by atoms with Crippen molar-refractivity contribution in [3.8, 4) is 0 Å². The van der Waals surface area contributed by atoms with Gasteiger partial charge in [0, 0.05) is 31.7 Å². The van der Waals surface area contributed by atoms with Gasteiger partial charge in [-0.15, -0.1) is 24.0 Å². The van der Waals surface area contributed by atoms with E-state index in [9.17, 15) is 4.79 Å². The number of carbonyl (C=O) groups is 1. The highest BCUT2D eigenvalue weighted by atomic mass is 127. The first-order chi connectivity index (χ1) is 11.0. The molecule has 0 saturated heterocycles. The monoisotopic (exact) mass is 466 g/mol. The van der Waals surface area contributed by atoms with E-state index in [1.165, 1.54) is 0 Å². The lowest BCUT2D eigenvalue weighted by Crippen LogP contribution is -2.45. The number of nitrogens with zero attached hydrogens (tertiary/aromatic N) is 3. The largest absolute Gasteiger partial charge is 0.357 e. The van der Waals surface area contributed by atoms with E-state index < -0.39 is 0 Å². The SMILES string of the molecule is CCNC(=NCc1ccc(Cl)cc1)N(C)CC(=O)N(CC)CC.I. The molecule has 7 heteroatoms. The third kappa shape index (κ3) is 7.70. The predicted octanol–water partition coefficient (Wildman–Crippen LogP) is 3.22. The molecule has 0 atom stereocenters. The summed E-state index contributed by atoms with van der Waals surface area (Å²) in [4.78, 5) is 20.5. The van der Waals surface area contributed by atoms with Gasteiger partial charge in [-0.2, -0.15) is 0 Å². The minimum Gasteiger partial charge on any atom is -0.357 e. The maximum atomic E-state index is 12.2. The van der Waals surface area contributed by atoms with Gasteiger partial charge < -0.3 is 15.1 Å². The molecule has 5 nitrogen and oxygen atoms in total. The second-order valence-electron chi connectivity index (χ2n) is 5.22. The fraction of sp³-hybridized carbons (Fsp3) is 0.529. The fourth-order valence-corrected chi connectivity index (χ4v) is 2.31. The van der Waals surface area contributed by atoms with Crippen LogP contribution in [-0.4, -0.2) is 54.9 Å². The molecule has 1 rings (SSSR count). The van der Waals surface area contributed by atoms with E-state index in [-0.39, 0.29) is 29.9 Å². The van der Waals surface area contributed by atoms with Crippen LogP contribution in [0.3, 0.4) is 0 Å². The molecule has 1 aromatic rings. The Morgan fingerprint density at radius 1 is 1.17 bits per heavy atom. The molecule has 0 unspecified atom stereocenters. The summed E-state index contributed by atoms with van der Waals surface area (Å²) in [5.41, 5.74) is 1.08. The van der Waals surface area contributed by atoms with Crippen LogP contribution in [0.5, 0.6) is 0 Å². The summed E-state index contributed by atoms with van der Waals surface area (Å²) in [6, 6.07) is 7.62. The summed E-state index contributed by atoms with van der Waals surface area (Å²) in [5, 5.41) is 3.94. The zero-order chi connectivity index (χ0) is 17.2. The van der Waals surface area contributed by atoms with E-state index >= 15 is 0 Å². The number of guanidine groups is 1. The number of benzene rings is 1. The normalized spacial score (nSPS) is 10.8. The predicted molar refractivity (Wildman–Crippen MR) is 112 cm³/mol. The Morgan fingerprint density at radius 2 is 1.75 bits per heavy atom. The highest BCUT2D eigenvalue weighted by Gasteiger charge is 2.14. The topological polar surface area (TPSA) is 47.9 Å². The molecule has 0 saturated carbocycles. The van der Waals surface area contributed by atoms with Gasteiger partial charge in [0.1, 0.15) is 0 Å². The van der Waals surface area contributed by atoms with Gasteiger partial charge in [-0.3, -0.25) is 4.79 Å². The van der Waals surface area contributed by atoms with Crippen molar-refractivity contribution in [3.05, 3.63) is 34.9 Å². The Hall–Kier alpha value is -1.02. The molecule has 24 heavy (non-hydrogen) atoms. The van der Waals surface area contributed by atoms with Gasteiger partial charge in [0.2, 0.25) is 5.91 Å². The standard InChI is InChI=1S/C17H27ClN4O.HI/c1-5-19-17(20-12-14-8-10-15(18)11-9-14)21(4)13-16(23)22(6-2)7-3;/h8-11H,5-7,12-13H2,1-4H3,(H,19,20);1H. The average Bonchev–Trinajstić information content (AvgIpc) is 2.54. The third-order valence-electron chi connectivity index (χ3n) is 3.51. The van der Waals surface area contributed by atoms with Gasteiger partial charge >= 0.3 is 0 Å². The van der Waals surface area contributed by atoms with E-state index in [1.54, 1.807) is 0 Å². The first-order valence-corrected chi connectivity index (χ1v) is 8.41. The van der Waals surface area contributed by atoms with Gasteiger partial charge in [0.25, 0.3) is 0 Å². The van der Waals surface area contributed by atoms with Gasteiger partial charge in [0.15, 0.2) is 5.96 Å². The number of hydrogen-bond acceptors (Lipinski definition) is 2. The van der Waals surface area contributed by atoms with Crippen LogP contribution in [0.1, 0.15) is 26.3 Å². The molecule has 0 bridgehead atoms. The average molecular weight is 467 g/mol. The van der Waals surface area contributed by atoms with E-state index in [1.807, 2.05) is 61.9 Å². The van der Waals surface area contributed by atoms with Crippen LogP contribution in [0, 0.1) is 0 Å². The van der Waals surface area contributed by atoms with E-state index in [0.29, 0.717) is 18.1 Å². The van der Waals surface area contributed by atoms with Crippen LogP contribution in [0.15, 0.2) is 29.3 Å². The lowest BCUT2D eigenvalue weighted by atomic mass is 10.2. The van der Waals surface area contributed by atoms with Crippen LogP contribution < -0.4 is 5.32 Å².